The number of ketones is 1. The van der Waals surface area contributed by atoms with Gasteiger partial charge in [0.15, 0.2) is 5.78 Å². The number of rotatable bonds is 9. The van der Waals surface area contributed by atoms with Crippen molar-refractivity contribution in [3.63, 3.8) is 0 Å². The van der Waals surface area contributed by atoms with E-state index in [9.17, 15) is 9.59 Å². The summed E-state index contributed by atoms with van der Waals surface area (Å²) in [5, 5.41) is 2.26. The van der Waals surface area contributed by atoms with E-state index in [4.69, 9.17) is 10.7 Å². The molecule has 6 nitrogen and oxygen atoms in total. The molecule has 7 heteroatoms. The first-order valence-corrected chi connectivity index (χ1v) is 12.0. The molecule has 0 fully saturated rings. The number of hydrogen-bond donors (Lipinski definition) is 1. The standard InChI is InChI=1S/C18H27N3O.C9H7NOS/c1-12(2)5-8-17-20-15-7-6-14(18(19)22)11-16(15)21(17)10-9-13(3)4;1-7(11)8-2-4-9(5-3-8)10-6-12/h6-7,11-13H,5,8-10H2,1-4H3,(H2,19,22);2-5H,1H3. The first-order valence-electron chi connectivity index (χ1n) is 11.6. The number of fused-ring (bicyclic) bond motifs is 1. The lowest BCUT2D eigenvalue weighted by Crippen LogP contribution is -2.11. The third-order valence-corrected chi connectivity index (χ3v) is 5.53. The van der Waals surface area contributed by atoms with Gasteiger partial charge in [-0.2, -0.15) is 4.99 Å². The van der Waals surface area contributed by atoms with Gasteiger partial charge in [-0.1, -0.05) is 27.7 Å². The van der Waals surface area contributed by atoms with Gasteiger partial charge in [-0.25, -0.2) is 4.98 Å². The topological polar surface area (TPSA) is 90.3 Å². The molecule has 3 aromatic rings. The van der Waals surface area contributed by atoms with E-state index in [1.807, 2.05) is 12.1 Å². The van der Waals surface area contributed by atoms with Crippen LogP contribution in [0.4, 0.5) is 5.69 Å². The summed E-state index contributed by atoms with van der Waals surface area (Å²) >= 11 is 4.43. The highest BCUT2D eigenvalue weighted by atomic mass is 32.1. The third-order valence-electron chi connectivity index (χ3n) is 5.44. The molecule has 0 spiro atoms. The number of aliphatic imine (C=N–C) groups is 1. The second-order valence-corrected chi connectivity index (χ2v) is 9.35. The average molecular weight is 479 g/mol. The monoisotopic (exact) mass is 478 g/mol. The molecule has 0 saturated carbocycles. The number of aryl methyl sites for hydroxylation is 2. The SMILES string of the molecule is CC(=O)c1ccc(N=C=S)cc1.CC(C)CCc1nc2ccc(C(N)=O)cc2n1CCC(C)C. The van der Waals surface area contributed by atoms with Crippen LogP contribution < -0.4 is 5.73 Å². The van der Waals surface area contributed by atoms with E-state index in [-0.39, 0.29) is 11.7 Å². The number of amides is 1. The smallest absolute Gasteiger partial charge is 0.248 e. The molecule has 0 radical (unpaired) electrons. The van der Waals surface area contributed by atoms with Gasteiger partial charge in [0, 0.05) is 24.1 Å². The summed E-state index contributed by atoms with van der Waals surface area (Å²) in [6.07, 6.45) is 3.19. The quantitative estimate of drug-likeness (QED) is 0.219. The van der Waals surface area contributed by atoms with Crippen molar-refractivity contribution in [2.45, 2.75) is 60.4 Å². The second kappa shape index (κ2) is 12.9. The number of carbonyl (C=O) groups is 2. The van der Waals surface area contributed by atoms with Crippen LogP contribution >= 0.6 is 12.2 Å². The van der Waals surface area contributed by atoms with Gasteiger partial charge < -0.3 is 10.3 Å². The Kier molecular flexibility index (Phi) is 10.3. The van der Waals surface area contributed by atoms with Gasteiger partial charge in [0.05, 0.1) is 21.9 Å². The molecular formula is C27H34N4O2S. The van der Waals surface area contributed by atoms with E-state index in [1.165, 1.54) is 6.92 Å². The van der Waals surface area contributed by atoms with E-state index < -0.39 is 0 Å². The highest BCUT2D eigenvalue weighted by Crippen LogP contribution is 2.21. The van der Waals surface area contributed by atoms with Crippen LogP contribution in [0.3, 0.4) is 0 Å². The predicted octanol–water partition coefficient (Wildman–Crippen LogP) is 6.39. The summed E-state index contributed by atoms with van der Waals surface area (Å²) in [7, 11) is 0. The number of benzene rings is 2. The summed E-state index contributed by atoms with van der Waals surface area (Å²) in [5.74, 6) is 2.07. The zero-order valence-corrected chi connectivity index (χ0v) is 21.5. The normalized spacial score (nSPS) is 10.7. The van der Waals surface area contributed by atoms with Gasteiger partial charge in [-0.15, -0.1) is 0 Å². The van der Waals surface area contributed by atoms with E-state index >= 15 is 0 Å². The first-order chi connectivity index (χ1) is 16.1. The molecule has 0 aliphatic carbocycles. The molecule has 2 N–H and O–H groups in total. The largest absolute Gasteiger partial charge is 0.366 e. The molecule has 0 aliphatic heterocycles. The molecule has 3 rings (SSSR count). The average Bonchev–Trinajstić information content (AvgIpc) is 3.14. The van der Waals surface area contributed by atoms with Crippen LogP contribution in [0.1, 0.15) is 74.0 Å². The summed E-state index contributed by atoms with van der Waals surface area (Å²) in [4.78, 5) is 30.8. The Morgan fingerprint density at radius 1 is 1.03 bits per heavy atom. The number of carbonyl (C=O) groups excluding carboxylic acids is 2. The van der Waals surface area contributed by atoms with E-state index in [0.717, 1.165) is 48.4 Å². The van der Waals surface area contributed by atoms with Crippen LogP contribution in [0.5, 0.6) is 0 Å². The van der Waals surface area contributed by atoms with Crippen LogP contribution in [-0.4, -0.2) is 26.4 Å². The van der Waals surface area contributed by atoms with Gasteiger partial charge in [-0.05, 0) is 86.3 Å². The second-order valence-electron chi connectivity index (χ2n) is 9.17. The fourth-order valence-corrected chi connectivity index (χ4v) is 3.50. The number of imidazole rings is 1. The molecule has 2 aromatic carbocycles. The lowest BCUT2D eigenvalue weighted by Gasteiger charge is -2.12. The fourth-order valence-electron chi connectivity index (χ4n) is 3.39. The third kappa shape index (κ3) is 8.01. The molecule has 0 bridgehead atoms. The Bertz CT molecular complexity index is 1150. The minimum absolute atomic E-state index is 0.0490. The van der Waals surface area contributed by atoms with Crippen molar-refractivity contribution in [3.8, 4) is 0 Å². The number of nitrogens with zero attached hydrogens (tertiary/aromatic N) is 3. The highest BCUT2D eigenvalue weighted by Gasteiger charge is 2.13. The Labute approximate surface area is 207 Å². The van der Waals surface area contributed by atoms with Crippen molar-refractivity contribution in [1.82, 2.24) is 9.55 Å². The fraction of sp³-hybridized carbons (Fsp3) is 0.407. The summed E-state index contributed by atoms with van der Waals surface area (Å²) < 4.78 is 2.27. The van der Waals surface area contributed by atoms with Gasteiger partial charge >= 0.3 is 0 Å². The molecule has 180 valence electrons. The van der Waals surface area contributed by atoms with Crippen LogP contribution in [-0.2, 0) is 13.0 Å². The molecule has 1 amide bonds. The summed E-state index contributed by atoms with van der Waals surface area (Å²) in [6.45, 7) is 11.4. The minimum Gasteiger partial charge on any atom is -0.366 e. The molecule has 0 unspecified atom stereocenters. The van der Waals surface area contributed by atoms with Gasteiger partial charge in [0.1, 0.15) is 5.82 Å². The van der Waals surface area contributed by atoms with Gasteiger partial charge in [0.25, 0.3) is 0 Å². The molecular weight excluding hydrogens is 444 g/mol. The van der Waals surface area contributed by atoms with Crippen LogP contribution in [0.15, 0.2) is 47.5 Å². The maximum absolute atomic E-state index is 11.4. The molecule has 0 aliphatic rings. The lowest BCUT2D eigenvalue weighted by molar-refractivity contribution is 0.0996. The first kappa shape index (κ1) is 27.1. The molecule has 1 heterocycles. The predicted molar refractivity (Wildman–Crippen MR) is 142 cm³/mol. The minimum atomic E-state index is -0.387. The van der Waals surface area contributed by atoms with Gasteiger partial charge in [-0.3, -0.25) is 9.59 Å². The Hall–Kier alpha value is -3.15. The van der Waals surface area contributed by atoms with Crippen molar-refractivity contribution in [2.75, 3.05) is 0 Å². The molecule has 0 saturated heterocycles. The highest BCUT2D eigenvalue weighted by molar-refractivity contribution is 7.78. The van der Waals surface area contributed by atoms with Crippen molar-refractivity contribution in [2.24, 2.45) is 22.6 Å². The molecule has 1 aromatic heterocycles. The van der Waals surface area contributed by atoms with Crippen LogP contribution in [0, 0.1) is 11.8 Å². The van der Waals surface area contributed by atoms with E-state index in [0.29, 0.717) is 23.0 Å². The maximum Gasteiger partial charge on any atom is 0.248 e. The number of Topliss-reactive ketones (excluding diaryl/α,β-unsaturated/α-hetero) is 1. The molecule has 0 atom stereocenters. The number of primary amides is 1. The Morgan fingerprint density at radius 3 is 2.18 bits per heavy atom. The summed E-state index contributed by atoms with van der Waals surface area (Å²) in [5.41, 5.74) is 9.34. The van der Waals surface area contributed by atoms with E-state index in [2.05, 4.69) is 54.6 Å². The number of thiocarbonyl (C=S) groups is 1. The van der Waals surface area contributed by atoms with E-state index in [1.54, 1.807) is 30.3 Å². The zero-order chi connectivity index (χ0) is 25.3. The maximum atomic E-state index is 11.4. The van der Waals surface area contributed by atoms with Crippen molar-refractivity contribution < 1.29 is 9.59 Å². The van der Waals surface area contributed by atoms with Crippen molar-refractivity contribution >= 4 is 45.8 Å². The number of aromatic nitrogens is 2. The lowest BCUT2D eigenvalue weighted by atomic mass is 10.1. The zero-order valence-electron chi connectivity index (χ0n) is 20.7. The Balaban J connectivity index is 0.000000287. The van der Waals surface area contributed by atoms with Gasteiger partial charge in [0.2, 0.25) is 5.91 Å². The molecule has 34 heavy (non-hydrogen) atoms. The summed E-state index contributed by atoms with van der Waals surface area (Å²) in [6, 6.07) is 12.4. The Morgan fingerprint density at radius 2 is 1.65 bits per heavy atom. The number of hydrogen-bond acceptors (Lipinski definition) is 5. The van der Waals surface area contributed by atoms with Crippen LogP contribution in [0.2, 0.25) is 0 Å². The van der Waals surface area contributed by atoms with Crippen molar-refractivity contribution in [3.05, 3.63) is 59.4 Å². The van der Waals surface area contributed by atoms with Crippen molar-refractivity contribution in [1.29, 1.82) is 0 Å². The van der Waals surface area contributed by atoms with Crippen LogP contribution in [0.25, 0.3) is 11.0 Å². The number of isothiocyanates is 1. The number of nitrogens with two attached hydrogens (primary N) is 1.